The number of benzene rings is 2. The van der Waals surface area contributed by atoms with Gasteiger partial charge in [0.25, 0.3) is 0 Å². The summed E-state index contributed by atoms with van der Waals surface area (Å²) in [5.41, 5.74) is 2.20. The maximum atomic E-state index is 5.85. The number of nitrogens with zero attached hydrogens (tertiary/aromatic N) is 1. The molecule has 4 nitrogen and oxygen atoms in total. The molecule has 0 aliphatic heterocycles. The average molecular weight is 300 g/mol. The van der Waals surface area contributed by atoms with Crippen LogP contribution in [0.15, 0.2) is 54.6 Å². The fourth-order valence-electron chi connectivity index (χ4n) is 2.22. The minimum Gasteiger partial charge on any atom is -0.491 e. The lowest BCUT2D eigenvalue weighted by molar-refractivity contribution is 0.0636. The van der Waals surface area contributed by atoms with E-state index in [2.05, 4.69) is 29.4 Å². The van der Waals surface area contributed by atoms with E-state index >= 15 is 0 Å². The molecular weight excluding hydrogens is 276 g/mol. The van der Waals surface area contributed by atoms with Gasteiger partial charge in [0.2, 0.25) is 0 Å². The Kier molecular flexibility index (Phi) is 6.10. The van der Waals surface area contributed by atoms with Crippen molar-refractivity contribution >= 4 is 11.4 Å². The maximum Gasteiger partial charge on any atom is 0.121 e. The van der Waals surface area contributed by atoms with Crippen molar-refractivity contribution in [2.75, 3.05) is 44.6 Å². The number of hydrogen-bond donors (Lipinski definition) is 1. The minimum atomic E-state index is 0.00319. The summed E-state index contributed by atoms with van der Waals surface area (Å²) in [6.07, 6.45) is 0.00319. The number of likely N-dealkylation sites (N-methyl/N-ethyl adjacent to an activating group) is 1. The molecule has 1 atom stereocenters. The molecule has 0 spiro atoms. The van der Waals surface area contributed by atoms with E-state index in [4.69, 9.17) is 9.47 Å². The van der Waals surface area contributed by atoms with Crippen molar-refractivity contribution < 1.29 is 9.47 Å². The number of ether oxygens (including phenoxy) is 2. The summed E-state index contributed by atoms with van der Waals surface area (Å²) in [6.45, 7) is 1.28. The predicted octanol–water partition coefficient (Wildman–Crippen LogP) is 3.26. The van der Waals surface area contributed by atoms with Crippen LogP contribution in [-0.4, -0.2) is 40.5 Å². The Morgan fingerprint density at radius 3 is 2.55 bits per heavy atom. The molecular formula is C18H24N2O2. The first-order chi connectivity index (χ1) is 10.7. The van der Waals surface area contributed by atoms with Crippen molar-refractivity contribution in [3.05, 3.63) is 54.6 Å². The third-order valence-corrected chi connectivity index (χ3v) is 3.57. The summed E-state index contributed by atoms with van der Waals surface area (Å²) in [7, 11) is 5.67. The molecule has 0 aliphatic rings. The molecule has 0 aromatic heterocycles. The van der Waals surface area contributed by atoms with E-state index in [9.17, 15) is 0 Å². The van der Waals surface area contributed by atoms with Gasteiger partial charge in [0.1, 0.15) is 18.5 Å². The summed E-state index contributed by atoms with van der Waals surface area (Å²) in [5, 5.41) is 3.10. The first-order valence-electron chi connectivity index (χ1n) is 7.42. The van der Waals surface area contributed by atoms with Crippen molar-refractivity contribution in [3.8, 4) is 5.75 Å². The van der Waals surface area contributed by atoms with Crippen LogP contribution in [0.5, 0.6) is 5.75 Å². The highest BCUT2D eigenvalue weighted by Gasteiger charge is 2.12. The van der Waals surface area contributed by atoms with Crippen LogP contribution in [0.4, 0.5) is 11.4 Å². The van der Waals surface area contributed by atoms with Gasteiger partial charge in [-0.2, -0.15) is 0 Å². The second kappa shape index (κ2) is 8.29. The van der Waals surface area contributed by atoms with Crippen LogP contribution >= 0.6 is 0 Å². The average Bonchev–Trinajstić information content (AvgIpc) is 2.59. The van der Waals surface area contributed by atoms with Gasteiger partial charge in [0, 0.05) is 45.2 Å². The second-order valence-electron chi connectivity index (χ2n) is 5.16. The molecule has 4 heteroatoms. The van der Waals surface area contributed by atoms with Crippen molar-refractivity contribution in [2.24, 2.45) is 0 Å². The molecule has 1 N–H and O–H groups in total. The zero-order chi connectivity index (χ0) is 15.8. The summed E-state index contributed by atoms with van der Waals surface area (Å²) >= 11 is 0. The normalized spacial score (nSPS) is 11.8. The molecule has 0 fully saturated rings. The van der Waals surface area contributed by atoms with Crippen LogP contribution in [0.1, 0.15) is 0 Å². The van der Waals surface area contributed by atoms with Crippen molar-refractivity contribution in [1.29, 1.82) is 0 Å². The van der Waals surface area contributed by atoms with Crippen molar-refractivity contribution in [2.45, 2.75) is 6.10 Å². The first-order valence-corrected chi connectivity index (χ1v) is 7.42. The highest BCUT2D eigenvalue weighted by atomic mass is 16.5. The summed E-state index contributed by atoms with van der Waals surface area (Å²) < 4.78 is 11.4. The van der Waals surface area contributed by atoms with E-state index in [1.165, 1.54) is 5.69 Å². The summed E-state index contributed by atoms with van der Waals surface area (Å²) in [5.74, 6) is 0.844. The Balaban J connectivity index is 1.89. The highest BCUT2D eigenvalue weighted by Crippen LogP contribution is 2.17. The number of nitrogens with one attached hydrogen (secondary N) is 1. The SMILES string of the molecule is CNc1cccc(OCC(CN(C)c2ccccc2)OC)c1. The lowest BCUT2D eigenvalue weighted by atomic mass is 10.2. The molecule has 0 heterocycles. The van der Waals surface area contributed by atoms with Crippen molar-refractivity contribution in [3.63, 3.8) is 0 Å². The topological polar surface area (TPSA) is 33.7 Å². The second-order valence-corrected chi connectivity index (χ2v) is 5.16. The van der Waals surface area contributed by atoms with Gasteiger partial charge < -0.3 is 19.7 Å². The van der Waals surface area contributed by atoms with Gasteiger partial charge in [-0.25, -0.2) is 0 Å². The number of rotatable bonds is 8. The van der Waals surface area contributed by atoms with E-state index in [-0.39, 0.29) is 6.10 Å². The van der Waals surface area contributed by atoms with Crippen LogP contribution in [0.2, 0.25) is 0 Å². The van der Waals surface area contributed by atoms with Crippen LogP contribution < -0.4 is 15.0 Å². The molecule has 0 saturated carbocycles. The Bertz CT molecular complexity index is 560. The largest absolute Gasteiger partial charge is 0.491 e. The minimum absolute atomic E-state index is 0.00319. The Labute approximate surface area is 132 Å². The lowest BCUT2D eigenvalue weighted by Gasteiger charge is -2.25. The van der Waals surface area contributed by atoms with Gasteiger partial charge in [-0.1, -0.05) is 24.3 Å². The standard InChI is InChI=1S/C18H24N2O2/c1-19-15-8-7-11-17(12-15)22-14-18(21-3)13-20(2)16-9-5-4-6-10-16/h4-12,18-19H,13-14H2,1-3H3. The van der Waals surface area contributed by atoms with Gasteiger partial charge in [-0.3, -0.25) is 0 Å². The zero-order valence-corrected chi connectivity index (χ0v) is 13.5. The highest BCUT2D eigenvalue weighted by molar-refractivity contribution is 5.47. The molecule has 118 valence electrons. The van der Waals surface area contributed by atoms with E-state index in [0.717, 1.165) is 18.0 Å². The van der Waals surface area contributed by atoms with Crippen LogP contribution in [0.3, 0.4) is 0 Å². The first kappa shape index (κ1) is 16.2. The van der Waals surface area contributed by atoms with Crippen LogP contribution in [-0.2, 0) is 4.74 Å². The molecule has 0 radical (unpaired) electrons. The molecule has 2 rings (SSSR count). The Morgan fingerprint density at radius 1 is 1.09 bits per heavy atom. The van der Waals surface area contributed by atoms with E-state index in [1.807, 2.05) is 49.5 Å². The van der Waals surface area contributed by atoms with Gasteiger partial charge in [0.05, 0.1) is 0 Å². The molecule has 2 aromatic carbocycles. The molecule has 22 heavy (non-hydrogen) atoms. The maximum absolute atomic E-state index is 5.85. The van der Waals surface area contributed by atoms with Gasteiger partial charge in [0.15, 0.2) is 0 Å². The van der Waals surface area contributed by atoms with Crippen LogP contribution in [0, 0.1) is 0 Å². The third kappa shape index (κ3) is 4.67. The third-order valence-electron chi connectivity index (χ3n) is 3.57. The quantitative estimate of drug-likeness (QED) is 0.811. The molecule has 0 bridgehead atoms. The van der Waals surface area contributed by atoms with Crippen LogP contribution in [0.25, 0.3) is 0 Å². The predicted molar refractivity (Wildman–Crippen MR) is 92.0 cm³/mol. The van der Waals surface area contributed by atoms with E-state index in [1.54, 1.807) is 7.11 Å². The zero-order valence-electron chi connectivity index (χ0n) is 13.5. The monoisotopic (exact) mass is 300 g/mol. The Morgan fingerprint density at radius 2 is 1.86 bits per heavy atom. The molecule has 2 aromatic rings. The molecule has 0 saturated heterocycles. The Hall–Kier alpha value is -2.20. The number of hydrogen-bond acceptors (Lipinski definition) is 4. The number of methoxy groups -OCH3 is 1. The fourth-order valence-corrected chi connectivity index (χ4v) is 2.22. The lowest BCUT2D eigenvalue weighted by Crippen LogP contribution is -2.34. The fraction of sp³-hybridized carbons (Fsp3) is 0.333. The summed E-state index contributed by atoms with van der Waals surface area (Å²) in [6, 6.07) is 18.2. The number of para-hydroxylation sites is 1. The summed E-state index contributed by atoms with van der Waals surface area (Å²) in [4.78, 5) is 2.17. The van der Waals surface area contributed by atoms with E-state index in [0.29, 0.717) is 6.61 Å². The number of anilines is 2. The molecule has 1 unspecified atom stereocenters. The van der Waals surface area contributed by atoms with E-state index < -0.39 is 0 Å². The van der Waals surface area contributed by atoms with Gasteiger partial charge in [-0.05, 0) is 24.3 Å². The van der Waals surface area contributed by atoms with Crippen molar-refractivity contribution in [1.82, 2.24) is 0 Å². The molecule has 0 amide bonds. The molecule has 0 aliphatic carbocycles. The van der Waals surface area contributed by atoms with Gasteiger partial charge in [-0.15, -0.1) is 0 Å². The smallest absolute Gasteiger partial charge is 0.121 e. The van der Waals surface area contributed by atoms with Gasteiger partial charge >= 0.3 is 0 Å².